The maximum Gasteiger partial charge on any atom is 0.117 e. The van der Waals surface area contributed by atoms with Gasteiger partial charge in [-0.2, -0.15) is 5.10 Å². The lowest BCUT2D eigenvalue weighted by atomic mass is 9.68. The van der Waals surface area contributed by atoms with Gasteiger partial charge in [-0.1, -0.05) is 78.0 Å². The summed E-state index contributed by atoms with van der Waals surface area (Å²) in [5.74, 6) is 0.339. The van der Waals surface area contributed by atoms with Crippen LogP contribution in [0.1, 0.15) is 40.9 Å². The lowest BCUT2D eigenvalue weighted by Gasteiger charge is -2.34. The number of oxime groups is 1. The van der Waals surface area contributed by atoms with E-state index in [0.717, 1.165) is 36.2 Å². The topological polar surface area (TPSA) is 61.3 Å². The van der Waals surface area contributed by atoms with Crippen molar-refractivity contribution in [2.24, 2.45) is 11.1 Å². The molecule has 4 nitrogen and oxygen atoms in total. The molecular weight excluding hydrogens is 334 g/mol. The summed E-state index contributed by atoms with van der Waals surface area (Å²) in [7, 11) is 0. The summed E-state index contributed by atoms with van der Waals surface area (Å²) in [6.07, 6.45) is 7.36. The largest absolute Gasteiger partial charge is 0.411 e. The number of hydrogen-bond donors (Lipinski definition) is 2. The van der Waals surface area contributed by atoms with Crippen LogP contribution in [0.15, 0.2) is 71.9 Å². The highest BCUT2D eigenvalue weighted by Crippen LogP contribution is 2.42. The number of fused-ring (bicyclic) bond motifs is 1. The van der Waals surface area contributed by atoms with Gasteiger partial charge in [0.25, 0.3) is 0 Å². The summed E-state index contributed by atoms with van der Waals surface area (Å²) >= 11 is 0. The fourth-order valence-corrected chi connectivity index (χ4v) is 4.17. The summed E-state index contributed by atoms with van der Waals surface area (Å²) in [6.45, 7) is 0. The Kier molecular flexibility index (Phi) is 3.71. The van der Waals surface area contributed by atoms with Crippen molar-refractivity contribution in [3.05, 3.63) is 94.8 Å². The minimum Gasteiger partial charge on any atom is -0.411 e. The van der Waals surface area contributed by atoms with Gasteiger partial charge in [-0.05, 0) is 24.0 Å². The molecule has 2 aliphatic carbocycles. The number of allylic oxidation sites excluding steroid dienone is 1. The summed E-state index contributed by atoms with van der Waals surface area (Å²) in [5, 5.41) is 20.8. The summed E-state index contributed by atoms with van der Waals surface area (Å²) in [4.78, 5) is 0. The van der Waals surface area contributed by atoms with Crippen LogP contribution >= 0.6 is 0 Å². The van der Waals surface area contributed by atoms with Crippen LogP contribution in [0.25, 0.3) is 6.08 Å². The average molecular weight is 355 g/mol. The Bertz CT molecular complexity index is 975. The molecule has 134 valence electrons. The van der Waals surface area contributed by atoms with Crippen LogP contribution in [0.2, 0.25) is 0 Å². The molecule has 0 bridgehead atoms. The molecule has 0 atom stereocenters. The molecular formula is C23H21N3O. The molecule has 0 unspecified atom stereocenters. The number of aromatic amines is 1. The van der Waals surface area contributed by atoms with Crippen molar-refractivity contribution in [1.82, 2.24) is 10.2 Å². The first-order chi connectivity index (χ1) is 13.3. The van der Waals surface area contributed by atoms with Crippen LogP contribution in [-0.2, 0) is 11.8 Å². The number of aromatic nitrogens is 2. The second kappa shape index (κ2) is 6.23. The number of nitrogens with zero attached hydrogens (tertiary/aromatic N) is 2. The summed E-state index contributed by atoms with van der Waals surface area (Å²) in [6, 6.07) is 21.2. The van der Waals surface area contributed by atoms with Crippen LogP contribution in [-0.4, -0.2) is 21.1 Å². The molecule has 0 radical (unpaired) electrons. The zero-order valence-corrected chi connectivity index (χ0v) is 15.0. The summed E-state index contributed by atoms with van der Waals surface area (Å²) in [5.41, 5.74) is 5.92. The van der Waals surface area contributed by atoms with Gasteiger partial charge in [0.1, 0.15) is 11.4 Å². The Morgan fingerprint density at radius 2 is 1.63 bits per heavy atom. The molecule has 27 heavy (non-hydrogen) atoms. The molecule has 1 aromatic heterocycles. The minimum atomic E-state index is -0.241. The normalized spacial score (nSPS) is 18.3. The van der Waals surface area contributed by atoms with Crippen molar-refractivity contribution < 1.29 is 5.21 Å². The smallest absolute Gasteiger partial charge is 0.117 e. The second-order valence-corrected chi connectivity index (χ2v) is 7.44. The van der Waals surface area contributed by atoms with Crippen LogP contribution in [0.5, 0.6) is 0 Å². The highest BCUT2D eigenvalue weighted by atomic mass is 16.4. The lowest BCUT2D eigenvalue weighted by molar-refractivity contribution is 0.317. The predicted octanol–water partition coefficient (Wildman–Crippen LogP) is 4.55. The maximum atomic E-state index is 9.48. The van der Waals surface area contributed by atoms with Gasteiger partial charge in [0.15, 0.2) is 0 Å². The second-order valence-electron chi connectivity index (χ2n) is 7.44. The van der Waals surface area contributed by atoms with Crippen LogP contribution in [0.3, 0.4) is 0 Å². The zero-order chi connectivity index (χ0) is 18.3. The molecule has 1 heterocycles. The van der Waals surface area contributed by atoms with Crippen LogP contribution in [0.4, 0.5) is 0 Å². The molecule has 2 aliphatic rings. The molecule has 2 aromatic carbocycles. The van der Waals surface area contributed by atoms with Gasteiger partial charge in [-0.25, -0.2) is 0 Å². The number of hydrogen-bond acceptors (Lipinski definition) is 3. The van der Waals surface area contributed by atoms with Crippen molar-refractivity contribution in [1.29, 1.82) is 0 Å². The Hall–Kier alpha value is -3.14. The SMILES string of the molecule is O/N=C(/c1n[nH]c2c1C=CC(c1ccccc1)(c1ccccc1)C2)C1CC1. The molecule has 4 heteroatoms. The predicted molar refractivity (Wildman–Crippen MR) is 106 cm³/mol. The standard InChI is InChI=1S/C23H21N3O/c27-26-21(16-11-12-16)22-19-13-14-23(15-20(19)24-25-22,17-7-3-1-4-8-17)18-9-5-2-6-10-18/h1-10,13-14,16,27H,11-12,15H2,(H,24,25)/b26-21+. The van der Waals surface area contributed by atoms with E-state index < -0.39 is 0 Å². The third-order valence-electron chi connectivity index (χ3n) is 5.77. The number of rotatable bonds is 4. The van der Waals surface area contributed by atoms with E-state index in [9.17, 15) is 5.21 Å². The van der Waals surface area contributed by atoms with Gasteiger partial charge in [-0.15, -0.1) is 0 Å². The zero-order valence-electron chi connectivity index (χ0n) is 15.0. The van der Waals surface area contributed by atoms with Gasteiger partial charge >= 0.3 is 0 Å². The minimum absolute atomic E-state index is 0.241. The first-order valence-corrected chi connectivity index (χ1v) is 9.42. The summed E-state index contributed by atoms with van der Waals surface area (Å²) < 4.78 is 0. The van der Waals surface area contributed by atoms with Gasteiger partial charge in [0, 0.05) is 29.0 Å². The fraction of sp³-hybridized carbons (Fsp3) is 0.217. The number of nitrogens with one attached hydrogen (secondary N) is 1. The molecule has 0 aliphatic heterocycles. The third-order valence-corrected chi connectivity index (χ3v) is 5.77. The molecule has 1 saturated carbocycles. The molecule has 3 aromatic rings. The molecule has 2 N–H and O–H groups in total. The maximum absolute atomic E-state index is 9.48. The van der Waals surface area contributed by atoms with Gasteiger partial charge < -0.3 is 5.21 Å². The van der Waals surface area contributed by atoms with Crippen molar-refractivity contribution in [3.63, 3.8) is 0 Å². The molecule has 0 amide bonds. The Morgan fingerprint density at radius 1 is 1.00 bits per heavy atom. The van der Waals surface area contributed by atoms with Crippen molar-refractivity contribution in [3.8, 4) is 0 Å². The van der Waals surface area contributed by atoms with E-state index in [4.69, 9.17) is 0 Å². The van der Waals surface area contributed by atoms with Crippen molar-refractivity contribution >= 4 is 11.8 Å². The molecule has 0 saturated heterocycles. The first-order valence-electron chi connectivity index (χ1n) is 9.42. The van der Waals surface area contributed by atoms with Crippen LogP contribution < -0.4 is 0 Å². The van der Waals surface area contributed by atoms with Gasteiger partial charge in [0.2, 0.25) is 0 Å². The van der Waals surface area contributed by atoms with E-state index in [1.165, 1.54) is 11.1 Å². The fourth-order valence-electron chi connectivity index (χ4n) is 4.17. The Morgan fingerprint density at radius 3 is 2.19 bits per heavy atom. The van der Waals surface area contributed by atoms with E-state index in [0.29, 0.717) is 11.6 Å². The van der Waals surface area contributed by atoms with Crippen molar-refractivity contribution in [2.45, 2.75) is 24.7 Å². The van der Waals surface area contributed by atoms with E-state index in [1.807, 2.05) is 12.1 Å². The third kappa shape index (κ3) is 2.60. The Labute approximate surface area is 158 Å². The quantitative estimate of drug-likeness (QED) is 0.410. The number of H-pyrrole nitrogens is 1. The van der Waals surface area contributed by atoms with Gasteiger partial charge in [-0.3, -0.25) is 5.10 Å². The highest BCUT2D eigenvalue weighted by molar-refractivity contribution is 6.04. The van der Waals surface area contributed by atoms with Crippen molar-refractivity contribution in [2.75, 3.05) is 0 Å². The molecule has 0 spiro atoms. The lowest BCUT2D eigenvalue weighted by Crippen LogP contribution is -2.30. The monoisotopic (exact) mass is 355 g/mol. The van der Waals surface area contributed by atoms with E-state index in [-0.39, 0.29) is 5.41 Å². The van der Waals surface area contributed by atoms with E-state index in [1.54, 1.807) is 0 Å². The van der Waals surface area contributed by atoms with E-state index >= 15 is 0 Å². The van der Waals surface area contributed by atoms with Crippen LogP contribution in [0, 0.1) is 5.92 Å². The first kappa shape index (κ1) is 16.1. The Balaban J connectivity index is 1.63. The molecule has 1 fully saturated rings. The average Bonchev–Trinajstić information content (AvgIpc) is 3.49. The molecule has 5 rings (SSSR count). The highest BCUT2D eigenvalue weighted by Gasteiger charge is 2.38. The van der Waals surface area contributed by atoms with Gasteiger partial charge in [0.05, 0.1) is 0 Å². The van der Waals surface area contributed by atoms with E-state index in [2.05, 4.69) is 76.0 Å². The number of benzene rings is 2.